The number of cyclic esters (lactones) is 1. The van der Waals surface area contributed by atoms with Crippen LogP contribution in [0.15, 0.2) is 78.9 Å². The van der Waals surface area contributed by atoms with E-state index in [-0.39, 0.29) is 5.97 Å². The first kappa shape index (κ1) is 16.6. The Hall–Kier alpha value is -2.91. The van der Waals surface area contributed by atoms with Gasteiger partial charge in [-0.05, 0) is 25.5 Å². The molecule has 0 spiro atoms. The SMILES string of the molecule is CC(C)(N)c1ccccc1C1(c2ccccc2)OC(=O)c2ccccc21. The van der Waals surface area contributed by atoms with Crippen LogP contribution in [0.1, 0.15) is 46.5 Å². The monoisotopic (exact) mass is 343 g/mol. The zero-order chi connectivity index (χ0) is 18.4. The molecule has 2 N–H and O–H groups in total. The molecule has 3 aromatic rings. The van der Waals surface area contributed by atoms with Gasteiger partial charge in [0.05, 0.1) is 5.56 Å². The number of esters is 1. The summed E-state index contributed by atoms with van der Waals surface area (Å²) >= 11 is 0. The van der Waals surface area contributed by atoms with Crippen molar-refractivity contribution in [2.75, 3.05) is 0 Å². The Balaban J connectivity index is 2.11. The summed E-state index contributed by atoms with van der Waals surface area (Å²) in [5.74, 6) is -0.311. The molecule has 1 aliphatic heterocycles. The smallest absolute Gasteiger partial charge is 0.340 e. The second kappa shape index (κ2) is 5.82. The number of carbonyl (C=O) groups is 1. The van der Waals surface area contributed by atoms with E-state index in [0.717, 1.165) is 22.3 Å². The first-order valence-corrected chi connectivity index (χ1v) is 8.72. The number of benzene rings is 3. The predicted molar refractivity (Wildman–Crippen MR) is 102 cm³/mol. The van der Waals surface area contributed by atoms with E-state index in [0.29, 0.717) is 5.56 Å². The minimum absolute atomic E-state index is 0.311. The third kappa shape index (κ3) is 2.36. The minimum Gasteiger partial charge on any atom is -0.441 e. The van der Waals surface area contributed by atoms with Gasteiger partial charge in [0.1, 0.15) is 0 Å². The summed E-state index contributed by atoms with van der Waals surface area (Å²) in [4.78, 5) is 12.7. The zero-order valence-corrected chi connectivity index (χ0v) is 14.9. The Bertz CT molecular complexity index is 973. The molecular formula is C23H21NO2. The van der Waals surface area contributed by atoms with Crippen molar-refractivity contribution in [2.45, 2.75) is 25.0 Å². The van der Waals surface area contributed by atoms with Crippen LogP contribution in [0.4, 0.5) is 0 Å². The maximum absolute atomic E-state index is 12.7. The summed E-state index contributed by atoms with van der Waals surface area (Å²) in [6.07, 6.45) is 0. The van der Waals surface area contributed by atoms with E-state index >= 15 is 0 Å². The van der Waals surface area contributed by atoms with Gasteiger partial charge in [-0.1, -0.05) is 72.8 Å². The van der Waals surface area contributed by atoms with E-state index in [1.165, 1.54) is 0 Å². The number of hydrogen-bond donors (Lipinski definition) is 1. The molecule has 1 atom stereocenters. The van der Waals surface area contributed by atoms with Gasteiger partial charge >= 0.3 is 5.97 Å². The summed E-state index contributed by atoms with van der Waals surface area (Å²) in [7, 11) is 0. The minimum atomic E-state index is -0.998. The number of fused-ring (bicyclic) bond motifs is 1. The summed E-state index contributed by atoms with van der Waals surface area (Å²) in [6, 6.07) is 25.4. The van der Waals surface area contributed by atoms with Gasteiger partial charge in [-0.2, -0.15) is 0 Å². The van der Waals surface area contributed by atoms with Crippen LogP contribution in [-0.4, -0.2) is 5.97 Å². The molecule has 1 aliphatic rings. The average Bonchev–Trinajstić information content (AvgIpc) is 2.96. The topological polar surface area (TPSA) is 52.3 Å². The number of rotatable bonds is 3. The van der Waals surface area contributed by atoms with Gasteiger partial charge < -0.3 is 10.5 Å². The molecule has 0 fully saturated rings. The van der Waals surface area contributed by atoms with Gasteiger partial charge in [-0.3, -0.25) is 0 Å². The third-order valence-electron chi connectivity index (χ3n) is 4.95. The number of hydrogen-bond acceptors (Lipinski definition) is 3. The molecule has 0 aromatic heterocycles. The highest BCUT2D eigenvalue weighted by Gasteiger charge is 2.50. The van der Waals surface area contributed by atoms with Gasteiger partial charge in [0, 0.05) is 22.2 Å². The summed E-state index contributed by atoms with van der Waals surface area (Å²) in [6.45, 7) is 3.93. The lowest BCUT2D eigenvalue weighted by atomic mass is 9.75. The third-order valence-corrected chi connectivity index (χ3v) is 4.95. The number of nitrogens with two attached hydrogens (primary N) is 1. The number of ether oxygens (including phenoxy) is 1. The molecular weight excluding hydrogens is 322 g/mol. The van der Waals surface area contributed by atoms with Crippen LogP contribution in [0.5, 0.6) is 0 Å². The molecule has 3 heteroatoms. The lowest BCUT2D eigenvalue weighted by Crippen LogP contribution is -2.37. The van der Waals surface area contributed by atoms with Gasteiger partial charge in [0.15, 0.2) is 5.60 Å². The predicted octanol–water partition coefficient (Wildman–Crippen LogP) is 4.34. The van der Waals surface area contributed by atoms with Crippen LogP contribution < -0.4 is 5.73 Å². The zero-order valence-electron chi connectivity index (χ0n) is 14.9. The van der Waals surface area contributed by atoms with E-state index in [2.05, 4.69) is 0 Å². The van der Waals surface area contributed by atoms with Gasteiger partial charge in [0.2, 0.25) is 0 Å². The van der Waals surface area contributed by atoms with Crippen molar-refractivity contribution >= 4 is 5.97 Å². The molecule has 4 rings (SSSR count). The van der Waals surface area contributed by atoms with Crippen LogP contribution in [-0.2, 0) is 15.9 Å². The van der Waals surface area contributed by atoms with Crippen LogP contribution >= 0.6 is 0 Å². The Morgan fingerprint density at radius 1 is 0.808 bits per heavy atom. The molecule has 0 bridgehead atoms. The van der Waals surface area contributed by atoms with E-state index in [1.54, 1.807) is 0 Å². The second-order valence-corrected chi connectivity index (χ2v) is 7.25. The van der Waals surface area contributed by atoms with Gasteiger partial charge in [-0.25, -0.2) is 4.79 Å². The highest BCUT2D eigenvalue weighted by Crippen LogP contribution is 2.48. The van der Waals surface area contributed by atoms with E-state index in [1.807, 2.05) is 92.7 Å². The molecule has 0 amide bonds. The first-order chi connectivity index (χ1) is 12.4. The van der Waals surface area contributed by atoms with Crippen molar-refractivity contribution in [3.63, 3.8) is 0 Å². The molecule has 1 unspecified atom stereocenters. The quantitative estimate of drug-likeness (QED) is 0.720. The van der Waals surface area contributed by atoms with Crippen LogP contribution in [0.3, 0.4) is 0 Å². The standard InChI is InChI=1S/C23H21NO2/c1-22(2,24)19-14-8-9-15-20(19)23(16-10-4-3-5-11-16)18-13-7-6-12-17(18)21(25)26-23/h3-15H,24H2,1-2H3. The van der Waals surface area contributed by atoms with Crippen molar-refractivity contribution in [2.24, 2.45) is 5.73 Å². The highest BCUT2D eigenvalue weighted by molar-refractivity contribution is 5.96. The molecule has 0 saturated carbocycles. The van der Waals surface area contributed by atoms with Crippen molar-refractivity contribution in [1.29, 1.82) is 0 Å². The first-order valence-electron chi connectivity index (χ1n) is 8.72. The molecule has 0 radical (unpaired) electrons. The number of carbonyl (C=O) groups excluding carboxylic acids is 1. The van der Waals surface area contributed by atoms with Crippen LogP contribution in [0, 0.1) is 0 Å². The fraction of sp³-hybridized carbons (Fsp3) is 0.174. The molecule has 3 aromatic carbocycles. The van der Waals surface area contributed by atoms with Gasteiger partial charge in [0.25, 0.3) is 0 Å². The summed E-state index contributed by atoms with van der Waals surface area (Å²) < 4.78 is 6.13. The summed E-state index contributed by atoms with van der Waals surface area (Å²) in [5, 5.41) is 0. The fourth-order valence-corrected chi connectivity index (χ4v) is 3.81. The molecule has 1 heterocycles. The second-order valence-electron chi connectivity index (χ2n) is 7.25. The molecule has 0 saturated heterocycles. The molecule has 3 nitrogen and oxygen atoms in total. The fourth-order valence-electron chi connectivity index (χ4n) is 3.81. The van der Waals surface area contributed by atoms with E-state index in [9.17, 15) is 4.79 Å². The maximum atomic E-state index is 12.7. The van der Waals surface area contributed by atoms with Crippen LogP contribution in [0.25, 0.3) is 0 Å². The van der Waals surface area contributed by atoms with Crippen molar-refractivity contribution < 1.29 is 9.53 Å². The molecule has 0 aliphatic carbocycles. The van der Waals surface area contributed by atoms with Gasteiger partial charge in [-0.15, -0.1) is 0 Å². The molecule has 26 heavy (non-hydrogen) atoms. The van der Waals surface area contributed by atoms with Crippen molar-refractivity contribution in [1.82, 2.24) is 0 Å². The molecule has 130 valence electrons. The summed E-state index contributed by atoms with van der Waals surface area (Å²) in [5.41, 5.74) is 9.11. The Morgan fingerprint density at radius 2 is 1.38 bits per heavy atom. The Kier molecular flexibility index (Phi) is 3.70. The maximum Gasteiger partial charge on any atom is 0.340 e. The van der Waals surface area contributed by atoms with Crippen molar-refractivity contribution in [3.8, 4) is 0 Å². The average molecular weight is 343 g/mol. The lowest BCUT2D eigenvalue weighted by molar-refractivity contribution is 0.0246. The Labute approximate surface area is 153 Å². The van der Waals surface area contributed by atoms with E-state index < -0.39 is 11.1 Å². The highest BCUT2D eigenvalue weighted by atomic mass is 16.6. The van der Waals surface area contributed by atoms with Crippen LogP contribution in [0.2, 0.25) is 0 Å². The largest absolute Gasteiger partial charge is 0.441 e. The van der Waals surface area contributed by atoms with Crippen molar-refractivity contribution in [3.05, 3.63) is 107 Å². The van der Waals surface area contributed by atoms with E-state index in [4.69, 9.17) is 10.5 Å². The normalized spacial score (nSPS) is 19.1. The Morgan fingerprint density at radius 3 is 2.08 bits per heavy atom. The lowest BCUT2D eigenvalue weighted by Gasteiger charge is -2.35.